The lowest BCUT2D eigenvalue weighted by Crippen LogP contribution is -2.60. The van der Waals surface area contributed by atoms with Gasteiger partial charge in [-0.3, -0.25) is 0 Å². The number of rotatable bonds is 8. The van der Waals surface area contributed by atoms with Crippen LogP contribution >= 0.6 is 11.8 Å². The Hall–Kier alpha value is -7.99. The van der Waals surface area contributed by atoms with Gasteiger partial charge >= 0.3 is 0 Å². The molecule has 2 aliphatic rings. The first-order valence-corrected chi connectivity index (χ1v) is 30.2. The van der Waals surface area contributed by atoms with E-state index in [4.69, 9.17) is 0 Å². The molecule has 0 aliphatic carbocycles. The SMILES string of the molecule is CCCCc1cc(-c2ccccc2)cc(-c2ccccc2)c1N1c2cc(-n3c4ccccc4c4cc(C(C)(C)C)ccc43)ccc2B2c3ccc(-n4c5ccccc5c5cc(C(C)(C)C)ccc54)cc3Sc3cc(C(C)(C)C)cc1c32. The van der Waals surface area contributed by atoms with Crippen LogP contribution in [-0.4, -0.2) is 15.8 Å². The predicted octanol–water partition coefficient (Wildman–Crippen LogP) is 19.2. The molecule has 0 unspecified atom stereocenters. The number of benzene rings is 10. The minimum atomic E-state index is -0.133. The predicted molar refractivity (Wildman–Crippen MR) is 351 cm³/mol. The van der Waals surface area contributed by atoms with Crippen LogP contribution in [0.1, 0.15) is 104 Å². The minimum absolute atomic E-state index is 0.0127. The van der Waals surface area contributed by atoms with Gasteiger partial charge in [0.2, 0.25) is 6.71 Å². The summed E-state index contributed by atoms with van der Waals surface area (Å²) >= 11 is 1.96. The summed E-state index contributed by atoms with van der Waals surface area (Å²) < 4.78 is 5.04. The summed E-state index contributed by atoms with van der Waals surface area (Å²) in [6, 6.07) is 79.4. The molecule has 0 saturated carbocycles. The van der Waals surface area contributed by atoms with E-state index in [1.54, 1.807) is 0 Å². The van der Waals surface area contributed by atoms with E-state index in [2.05, 4.69) is 290 Å². The number of hydrogen-bond donors (Lipinski definition) is 0. The normalized spacial score (nSPS) is 13.4. The monoisotopic (exact) mass is 1070 g/mol. The Morgan fingerprint density at radius 1 is 0.407 bits per heavy atom. The molecule has 10 aromatic carbocycles. The molecule has 4 heterocycles. The first-order chi connectivity index (χ1) is 39.0. The van der Waals surface area contributed by atoms with Crippen molar-refractivity contribution in [2.45, 2.75) is 115 Å². The van der Waals surface area contributed by atoms with Crippen molar-refractivity contribution in [3.63, 3.8) is 0 Å². The highest BCUT2D eigenvalue weighted by Crippen LogP contribution is 2.51. The van der Waals surface area contributed by atoms with Crippen LogP contribution in [-0.2, 0) is 22.7 Å². The molecular formula is C76H70BN3S. The Kier molecular flexibility index (Phi) is 12.0. The lowest BCUT2D eigenvalue weighted by atomic mass is 9.34. The number of unbranched alkanes of at least 4 members (excludes halogenated alkanes) is 1. The molecule has 0 bridgehead atoms. The van der Waals surface area contributed by atoms with E-state index in [9.17, 15) is 0 Å². The van der Waals surface area contributed by atoms with Crippen molar-refractivity contribution in [3.05, 3.63) is 229 Å². The van der Waals surface area contributed by atoms with E-state index in [0.29, 0.717) is 0 Å². The van der Waals surface area contributed by atoms with E-state index in [-0.39, 0.29) is 23.0 Å². The molecule has 398 valence electrons. The van der Waals surface area contributed by atoms with Gasteiger partial charge in [-0.05, 0) is 164 Å². The molecule has 2 aromatic heterocycles. The lowest BCUT2D eigenvalue weighted by Gasteiger charge is -2.43. The smallest absolute Gasteiger partial charge is 0.249 e. The first kappa shape index (κ1) is 51.2. The number of fused-ring (bicyclic) bond motifs is 10. The van der Waals surface area contributed by atoms with Crippen molar-refractivity contribution in [3.8, 4) is 33.6 Å². The fraction of sp³-hybridized carbons (Fsp3) is 0.211. The third kappa shape index (κ3) is 8.48. The van der Waals surface area contributed by atoms with Gasteiger partial charge in [0, 0.05) is 59.6 Å². The topological polar surface area (TPSA) is 13.1 Å². The van der Waals surface area contributed by atoms with Gasteiger partial charge in [-0.15, -0.1) is 0 Å². The fourth-order valence-corrected chi connectivity index (χ4v) is 14.5. The van der Waals surface area contributed by atoms with Gasteiger partial charge < -0.3 is 14.0 Å². The Bertz CT molecular complexity index is 4480. The second-order valence-electron chi connectivity index (χ2n) is 26.0. The highest BCUT2D eigenvalue weighted by Gasteiger charge is 2.43. The number of para-hydroxylation sites is 2. The Balaban J connectivity index is 1.07. The molecule has 0 N–H and O–H groups in total. The van der Waals surface area contributed by atoms with Crippen LogP contribution in [0.4, 0.5) is 17.1 Å². The van der Waals surface area contributed by atoms with Gasteiger partial charge in [-0.1, -0.05) is 214 Å². The van der Waals surface area contributed by atoms with Crippen molar-refractivity contribution in [1.29, 1.82) is 0 Å². The van der Waals surface area contributed by atoms with E-state index < -0.39 is 0 Å². The van der Waals surface area contributed by atoms with Crippen molar-refractivity contribution >= 4 is 95.5 Å². The number of hydrogen-bond acceptors (Lipinski definition) is 2. The van der Waals surface area contributed by atoms with Crippen LogP contribution in [0.2, 0.25) is 0 Å². The molecular weight excluding hydrogens is 998 g/mol. The van der Waals surface area contributed by atoms with Crippen molar-refractivity contribution < 1.29 is 0 Å². The van der Waals surface area contributed by atoms with Crippen LogP contribution in [0.3, 0.4) is 0 Å². The Morgan fingerprint density at radius 3 is 1.52 bits per heavy atom. The van der Waals surface area contributed by atoms with E-state index in [1.165, 1.54) is 137 Å². The average Bonchev–Trinajstić information content (AvgIpc) is 3.99. The summed E-state index contributed by atoms with van der Waals surface area (Å²) in [6.45, 7) is 23.4. The molecule has 2 aliphatic heterocycles. The van der Waals surface area contributed by atoms with Gasteiger partial charge in [0.25, 0.3) is 0 Å². The summed E-state index contributed by atoms with van der Waals surface area (Å²) in [5.74, 6) is 0. The summed E-state index contributed by atoms with van der Waals surface area (Å²) in [6.07, 6.45) is 3.13. The van der Waals surface area contributed by atoms with Crippen LogP contribution in [0, 0.1) is 0 Å². The first-order valence-electron chi connectivity index (χ1n) is 29.3. The van der Waals surface area contributed by atoms with E-state index in [0.717, 1.165) is 24.9 Å². The van der Waals surface area contributed by atoms with Crippen LogP contribution in [0.25, 0.3) is 77.2 Å². The van der Waals surface area contributed by atoms with Crippen LogP contribution < -0.4 is 21.3 Å². The molecule has 0 radical (unpaired) electrons. The van der Waals surface area contributed by atoms with Gasteiger partial charge in [0.1, 0.15) is 0 Å². The highest BCUT2D eigenvalue weighted by molar-refractivity contribution is 8.00. The molecule has 3 nitrogen and oxygen atoms in total. The van der Waals surface area contributed by atoms with Crippen molar-refractivity contribution in [1.82, 2.24) is 9.13 Å². The second-order valence-corrected chi connectivity index (χ2v) is 27.1. The summed E-state index contributed by atoms with van der Waals surface area (Å²) in [4.78, 5) is 5.37. The fourth-order valence-electron chi connectivity index (χ4n) is 13.3. The second kappa shape index (κ2) is 19.1. The van der Waals surface area contributed by atoms with Gasteiger partial charge in [-0.25, -0.2) is 0 Å². The zero-order valence-electron chi connectivity index (χ0n) is 48.6. The zero-order chi connectivity index (χ0) is 55.7. The molecule has 0 spiro atoms. The largest absolute Gasteiger partial charge is 0.310 e. The quantitative estimate of drug-likeness (QED) is 0.141. The molecule has 5 heteroatoms. The molecule has 0 saturated heterocycles. The van der Waals surface area contributed by atoms with Crippen LogP contribution in [0.5, 0.6) is 0 Å². The number of nitrogens with zero attached hydrogens (tertiary/aromatic N) is 3. The average molecular weight is 1070 g/mol. The van der Waals surface area contributed by atoms with E-state index in [1.807, 2.05) is 11.8 Å². The Labute approximate surface area is 483 Å². The standard InChI is InChI=1S/C76H70BN3S/c1-11-12-23-50-40-51(48-24-15-13-16-25-48)41-59(49-26-17-14-18-27-49)73(50)80-68-46-55(78-64-30-21-19-28-57(64)60-42-52(74(2,3)4)32-38-66(60)78)34-36-62(68)77-63-37-35-56(47-70(63)81-71-45-54(76(8,9)10)44-69(80)72(71)77)79-65-31-22-20-29-58(65)61-43-53(75(5,6)7)33-39-67(61)79/h13-22,24-47H,11-12,23H2,1-10H3. The molecule has 14 rings (SSSR count). The third-order valence-corrected chi connectivity index (χ3v) is 18.7. The number of aryl methyl sites for hydroxylation is 1. The molecule has 0 amide bonds. The number of aromatic nitrogens is 2. The molecule has 81 heavy (non-hydrogen) atoms. The summed E-state index contributed by atoms with van der Waals surface area (Å²) in [5.41, 5.74) is 25.3. The maximum absolute atomic E-state index is 2.74. The maximum atomic E-state index is 2.74. The Morgan fingerprint density at radius 2 is 0.938 bits per heavy atom. The van der Waals surface area contributed by atoms with E-state index >= 15 is 0 Å². The van der Waals surface area contributed by atoms with Gasteiger partial charge in [0.15, 0.2) is 0 Å². The number of anilines is 3. The molecule has 0 atom stereocenters. The lowest BCUT2D eigenvalue weighted by molar-refractivity contribution is 0.589. The zero-order valence-corrected chi connectivity index (χ0v) is 49.4. The summed E-state index contributed by atoms with van der Waals surface area (Å²) in [5, 5.41) is 5.14. The van der Waals surface area contributed by atoms with Crippen molar-refractivity contribution in [2.24, 2.45) is 0 Å². The van der Waals surface area contributed by atoms with Gasteiger partial charge in [0.05, 0.1) is 27.8 Å². The maximum Gasteiger partial charge on any atom is 0.249 e. The minimum Gasteiger partial charge on any atom is -0.310 e. The molecule has 0 fully saturated rings. The van der Waals surface area contributed by atoms with Crippen LogP contribution in [0.15, 0.2) is 216 Å². The highest BCUT2D eigenvalue weighted by atomic mass is 32.2. The molecule has 12 aromatic rings. The third-order valence-electron chi connectivity index (χ3n) is 17.6. The van der Waals surface area contributed by atoms with Crippen molar-refractivity contribution in [2.75, 3.05) is 4.90 Å². The summed E-state index contributed by atoms with van der Waals surface area (Å²) in [7, 11) is 0. The van der Waals surface area contributed by atoms with Gasteiger partial charge in [-0.2, -0.15) is 0 Å².